The van der Waals surface area contributed by atoms with Crippen LogP contribution in [0.1, 0.15) is 66.2 Å². The summed E-state index contributed by atoms with van der Waals surface area (Å²) in [4.78, 5) is 53.2. The van der Waals surface area contributed by atoms with Crippen molar-refractivity contribution in [1.82, 2.24) is 19.9 Å². The number of piperidine rings is 1. The van der Waals surface area contributed by atoms with Crippen molar-refractivity contribution in [3.05, 3.63) is 83.9 Å². The molecule has 222 valence electrons. The minimum Gasteiger partial charge on any atom is -0.494 e. The second-order valence-corrected chi connectivity index (χ2v) is 11.2. The number of hydrogen-bond acceptors (Lipinski definition) is 6. The van der Waals surface area contributed by atoms with Gasteiger partial charge in [-0.05, 0) is 80.5 Å². The minimum atomic E-state index is -0.914. The van der Waals surface area contributed by atoms with E-state index in [1.807, 2.05) is 28.0 Å². The maximum absolute atomic E-state index is 13.2. The third-order valence-electron chi connectivity index (χ3n) is 8.43. The van der Waals surface area contributed by atoms with Gasteiger partial charge in [-0.15, -0.1) is 0 Å². The predicted molar refractivity (Wildman–Crippen MR) is 161 cm³/mol. The Labute approximate surface area is 249 Å². The predicted octanol–water partition coefficient (Wildman–Crippen LogP) is 4.96. The first-order valence-corrected chi connectivity index (χ1v) is 14.9. The van der Waals surface area contributed by atoms with E-state index in [4.69, 9.17) is 4.74 Å². The standard InChI is InChI=1S/C33H35N5O5/c39-30-13-10-22-5-1-2-7-29(22)38(30)24-15-18-37(19-16-24)32(40)23-8-11-25(12-9-23)43-20-4-3-6-26(33(41)42)31-35-27-14-17-34-21-28(27)36-31/h1-2,5,7-9,11-12,14,17,21,24,26H,3-4,6,10,13,15-16,18-20H2,(H,35,36)(H,41,42). The maximum atomic E-state index is 13.2. The number of nitrogens with one attached hydrogen (secondary N) is 1. The maximum Gasteiger partial charge on any atom is 0.314 e. The monoisotopic (exact) mass is 581 g/mol. The molecule has 2 aromatic carbocycles. The summed E-state index contributed by atoms with van der Waals surface area (Å²) in [6.45, 7) is 1.65. The number of H-pyrrole nitrogens is 1. The smallest absolute Gasteiger partial charge is 0.314 e. The molecule has 0 saturated carbocycles. The Morgan fingerprint density at radius 1 is 1.02 bits per heavy atom. The number of ether oxygens (including phenoxy) is 1. The number of carboxylic acid groups (broad SMARTS) is 1. The van der Waals surface area contributed by atoms with E-state index in [-0.39, 0.29) is 17.9 Å². The van der Waals surface area contributed by atoms with Crippen LogP contribution in [0.5, 0.6) is 5.75 Å². The Balaban J connectivity index is 0.958. The number of aliphatic carboxylic acids is 1. The molecule has 1 saturated heterocycles. The number of aromatic amines is 1. The number of likely N-dealkylation sites (tertiary alicyclic amines) is 1. The zero-order valence-corrected chi connectivity index (χ0v) is 23.9. The lowest BCUT2D eigenvalue weighted by atomic mass is 9.95. The van der Waals surface area contributed by atoms with Crippen LogP contribution >= 0.6 is 0 Å². The van der Waals surface area contributed by atoms with E-state index in [2.05, 4.69) is 21.0 Å². The molecule has 1 unspecified atom stereocenters. The molecule has 1 fully saturated rings. The third-order valence-corrected chi connectivity index (χ3v) is 8.43. The second-order valence-electron chi connectivity index (χ2n) is 11.2. The van der Waals surface area contributed by atoms with Crippen molar-refractivity contribution < 1.29 is 24.2 Å². The molecule has 0 aliphatic carbocycles. The van der Waals surface area contributed by atoms with Gasteiger partial charge in [-0.25, -0.2) is 4.98 Å². The highest BCUT2D eigenvalue weighted by molar-refractivity contribution is 5.97. The van der Waals surface area contributed by atoms with Crippen molar-refractivity contribution in [1.29, 1.82) is 0 Å². The lowest BCUT2D eigenvalue weighted by molar-refractivity contribution is -0.139. The molecule has 2 aromatic heterocycles. The van der Waals surface area contributed by atoms with E-state index in [9.17, 15) is 19.5 Å². The normalized spacial score (nSPS) is 16.2. The van der Waals surface area contributed by atoms with Gasteiger partial charge in [0.1, 0.15) is 17.5 Å². The SMILES string of the molecule is O=C(O)C(CCCCOc1ccc(C(=O)N2CCC(N3C(=O)CCc4ccccc43)CC2)cc1)c1nc2ccncc2[nH]1. The third kappa shape index (κ3) is 6.23. The van der Waals surface area contributed by atoms with Gasteiger partial charge in [0, 0.05) is 43.0 Å². The quantitative estimate of drug-likeness (QED) is 0.253. The topological polar surface area (TPSA) is 129 Å². The van der Waals surface area contributed by atoms with Crippen LogP contribution in [0.15, 0.2) is 67.0 Å². The molecule has 2 N–H and O–H groups in total. The molecule has 0 spiro atoms. The number of unbranched alkanes of at least 4 members (excludes halogenated alkanes) is 1. The summed E-state index contributed by atoms with van der Waals surface area (Å²) < 4.78 is 5.86. The summed E-state index contributed by atoms with van der Waals surface area (Å²) in [6, 6.07) is 17.1. The van der Waals surface area contributed by atoms with Crippen LogP contribution in [0.3, 0.4) is 0 Å². The highest BCUT2D eigenvalue weighted by atomic mass is 16.5. The van der Waals surface area contributed by atoms with Crippen molar-refractivity contribution in [3.63, 3.8) is 0 Å². The Hall–Kier alpha value is -4.73. The summed E-state index contributed by atoms with van der Waals surface area (Å²) in [5.41, 5.74) is 4.26. The number of benzene rings is 2. The highest BCUT2D eigenvalue weighted by Gasteiger charge is 2.33. The zero-order chi connectivity index (χ0) is 29.8. The zero-order valence-electron chi connectivity index (χ0n) is 23.9. The van der Waals surface area contributed by atoms with Gasteiger partial charge in [-0.2, -0.15) is 0 Å². The number of carboxylic acids is 1. The molecule has 0 radical (unpaired) electrons. The first-order chi connectivity index (χ1) is 21.0. The molecule has 0 bridgehead atoms. The Bertz CT molecular complexity index is 1580. The number of fused-ring (bicyclic) bond motifs is 2. The minimum absolute atomic E-state index is 0.0172. The number of aryl methyl sites for hydroxylation is 1. The molecule has 2 aliphatic rings. The van der Waals surface area contributed by atoms with Gasteiger partial charge in [0.15, 0.2) is 0 Å². The largest absolute Gasteiger partial charge is 0.494 e. The molecule has 43 heavy (non-hydrogen) atoms. The fourth-order valence-corrected chi connectivity index (χ4v) is 6.12. The molecular formula is C33H35N5O5. The Morgan fingerprint density at radius 2 is 1.81 bits per heavy atom. The van der Waals surface area contributed by atoms with Gasteiger partial charge >= 0.3 is 5.97 Å². The van der Waals surface area contributed by atoms with E-state index in [1.165, 1.54) is 5.56 Å². The van der Waals surface area contributed by atoms with Crippen LogP contribution in [0.25, 0.3) is 11.0 Å². The van der Waals surface area contributed by atoms with Crippen LogP contribution in [-0.2, 0) is 16.0 Å². The summed E-state index contributed by atoms with van der Waals surface area (Å²) in [7, 11) is 0. The van der Waals surface area contributed by atoms with Crippen LogP contribution in [0.2, 0.25) is 0 Å². The summed E-state index contributed by atoms with van der Waals surface area (Å²) in [5.74, 6) is -0.383. The van der Waals surface area contributed by atoms with Crippen molar-refractivity contribution >= 4 is 34.5 Å². The van der Waals surface area contributed by atoms with E-state index in [0.29, 0.717) is 68.0 Å². The summed E-state index contributed by atoms with van der Waals surface area (Å²) >= 11 is 0. The van der Waals surface area contributed by atoms with Gasteiger partial charge < -0.3 is 24.6 Å². The number of pyridine rings is 1. The summed E-state index contributed by atoms with van der Waals surface area (Å²) in [5, 5.41) is 9.72. The lowest BCUT2D eigenvalue weighted by Crippen LogP contribution is -2.50. The van der Waals surface area contributed by atoms with Crippen molar-refractivity contribution in [2.75, 3.05) is 24.6 Å². The van der Waals surface area contributed by atoms with Gasteiger partial charge in [0.2, 0.25) is 5.91 Å². The molecular weight excluding hydrogens is 546 g/mol. The number of carbonyl (C=O) groups is 3. The number of hydrogen-bond donors (Lipinski definition) is 2. The highest BCUT2D eigenvalue weighted by Crippen LogP contribution is 2.32. The second kappa shape index (κ2) is 12.6. The first kappa shape index (κ1) is 28.4. The van der Waals surface area contributed by atoms with Gasteiger partial charge in [0.05, 0.1) is 23.8 Å². The van der Waals surface area contributed by atoms with E-state index < -0.39 is 11.9 Å². The molecule has 1 atom stereocenters. The molecule has 2 amide bonds. The van der Waals surface area contributed by atoms with Gasteiger partial charge in [-0.1, -0.05) is 18.2 Å². The molecule has 10 nitrogen and oxygen atoms in total. The number of carbonyl (C=O) groups excluding carboxylic acids is 2. The van der Waals surface area contributed by atoms with Crippen LogP contribution in [0, 0.1) is 0 Å². The van der Waals surface area contributed by atoms with Gasteiger partial charge in [-0.3, -0.25) is 19.4 Å². The fourth-order valence-electron chi connectivity index (χ4n) is 6.12. The van der Waals surface area contributed by atoms with E-state index in [1.54, 1.807) is 42.7 Å². The van der Waals surface area contributed by atoms with Crippen LogP contribution in [0.4, 0.5) is 5.69 Å². The first-order valence-electron chi connectivity index (χ1n) is 14.9. The molecule has 2 aliphatic heterocycles. The Kier molecular flexibility index (Phi) is 8.35. The number of para-hydroxylation sites is 1. The lowest BCUT2D eigenvalue weighted by Gasteiger charge is -2.41. The van der Waals surface area contributed by atoms with Crippen molar-refractivity contribution in [3.8, 4) is 5.75 Å². The molecule has 4 heterocycles. The van der Waals surface area contributed by atoms with Gasteiger partial charge in [0.25, 0.3) is 5.91 Å². The number of rotatable bonds is 10. The number of imidazole rings is 1. The van der Waals surface area contributed by atoms with Crippen molar-refractivity contribution in [2.45, 2.75) is 56.9 Å². The Morgan fingerprint density at radius 3 is 2.58 bits per heavy atom. The van der Waals surface area contributed by atoms with Crippen molar-refractivity contribution in [2.24, 2.45) is 0 Å². The number of amides is 2. The molecule has 4 aromatic rings. The van der Waals surface area contributed by atoms with Crippen LogP contribution in [-0.4, -0.2) is 68.5 Å². The van der Waals surface area contributed by atoms with Crippen LogP contribution < -0.4 is 9.64 Å². The number of anilines is 1. The average Bonchev–Trinajstić information content (AvgIpc) is 3.46. The number of aromatic nitrogens is 3. The number of nitrogens with zero attached hydrogens (tertiary/aromatic N) is 4. The summed E-state index contributed by atoms with van der Waals surface area (Å²) in [6.07, 6.45) is 7.88. The average molecular weight is 582 g/mol. The fraction of sp³-hybridized carbons (Fsp3) is 0.364. The molecule has 10 heteroatoms. The van der Waals surface area contributed by atoms with E-state index >= 15 is 0 Å². The molecule has 6 rings (SSSR count). The van der Waals surface area contributed by atoms with E-state index in [0.717, 1.165) is 30.5 Å².